The molecule has 0 saturated heterocycles. The fourth-order valence-corrected chi connectivity index (χ4v) is 3.94. The van der Waals surface area contributed by atoms with Gasteiger partial charge in [0.2, 0.25) is 0 Å². The number of aryl methyl sites for hydroxylation is 2. The minimum atomic E-state index is -0.460. The molecule has 0 fully saturated rings. The minimum Gasteiger partial charge on any atom is -0.267 e. The van der Waals surface area contributed by atoms with E-state index in [0.29, 0.717) is 16.1 Å². The Balaban J connectivity index is 1.62. The smallest absolute Gasteiger partial charge is 0.267 e. The van der Waals surface area contributed by atoms with Gasteiger partial charge in [0, 0.05) is 28.3 Å². The molecule has 33 heavy (non-hydrogen) atoms. The molecule has 0 atom stereocenters. The van der Waals surface area contributed by atoms with Crippen LogP contribution in [0.1, 0.15) is 38.2 Å². The van der Waals surface area contributed by atoms with Gasteiger partial charge >= 0.3 is 0 Å². The Labute approximate surface area is 203 Å². The molecule has 6 heteroatoms. The molecule has 0 aliphatic carbocycles. The van der Waals surface area contributed by atoms with Crippen LogP contribution in [-0.4, -0.2) is 20.9 Å². The highest BCUT2D eigenvalue weighted by Crippen LogP contribution is 2.22. The second-order valence-corrected chi connectivity index (χ2v) is 8.40. The summed E-state index contributed by atoms with van der Waals surface area (Å²) in [6.07, 6.45) is 1.76. The molecule has 1 aromatic heterocycles. The third kappa shape index (κ3) is 4.79. The molecule has 0 aliphatic heterocycles. The van der Waals surface area contributed by atoms with Gasteiger partial charge in [0.1, 0.15) is 4.99 Å². The lowest BCUT2D eigenvalue weighted by Crippen LogP contribution is -2.42. The van der Waals surface area contributed by atoms with E-state index < -0.39 is 5.91 Å². The lowest BCUT2D eigenvalue weighted by molar-refractivity contribution is 0.0849. The topological polar surface area (TPSA) is 59.2 Å². The van der Waals surface area contributed by atoms with Crippen LogP contribution in [0.15, 0.2) is 72.9 Å². The van der Waals surface area contributed by atoms with Crippen LogP contribution in [0.2, 0.25) is 5.02 Å². The third-order valence-corrected chi connectivity index (χ3v) is 6.04. The molecule has 0 radical (unpaired) electrons. The summed E-state index contributed by atoms with van der Waals surface area (Å²) in [4.78, 5) is 17.6. The highest BCUT2D eigenvalue weighted by atomic mass is 35.5. The van der Waals surface area contributed by atoms with Gasteiger partial charge < -0.3 is 0 Å². The molecule has 1 heterocycles. The standard InChI is InChI=1S/C27H20ClN3OS/c1-17-10-12-22(27(33)31(29)26(32)25-18(2)6-5-8-23(25)28)15-20(17)13-11-19-14-21-7-3-4-9-24(21)30-16-19/h3-10,12,14-16H,29H2,1-2H3. The van der Waals surface area contributed by atoms with Gasteiger partial charge in [-0.15, -0.1) is 0 Å². The highest BCUT2D eigenvalue weighted by molar-refractivity contribution is 7.80. The first-order chi connectivity index (χ1) is 15.8. The van der Waals surface area contributed by atoms with Crippen molar-refractivity contribution in [2.75, 3.05) is 0 Å². The molecular weight excluding hydrogens is 450 g/mol. The molecule has 0 saturated carbocycles. The van der Waals surface area contributed by atoms with E-state index in [1.165, 1.54) is 0 Å². The average Bonchev–Trinajstić information content (AvgIpc) is 2.82. The van der Waals surface area contributed by atoms with Crippen LogP contribution in [0.5, 0.6) is 0 Å². The van der Waals surface area contributed by atoms with Gasteiger partial charge in [-0.25, -0.2) is 10.9 Å². The van der Waals surface area contributed by atoms with E-state index in [2.05, 4.69) is 16.8 Å². The predicted molar refractivity (Wildman–Crippen MR) is 137 cm³/mol. The summed E-state index contributed by atoms with van der Waals surface area (Å²) in [5.41, 5.74) is 5.19. The zero-order chi connectivity index (χ0) is 23.5. The fourth-order valence-electron chi connectivity index (χ4n) is 3.42. The lowest BCUT2D eigenvalue weighted by Gasteiger charge is -2.20. The number of amides is 1. The summed E-state index contributed by atoms with van der Waals surface area (Å²) in [6.45, 7) is 3.77. The molecule has 4 rings (SSSR count). The number of rotatable bonds is 2. The summed E-state index contributed by atoms with van der Waals surface area (Å²) in [5.74, 6) is 12.0. The maximum atomic E-state index is 13.0. The maximum Gasteiger partial charge on any atom is 0.275 e. The van der Waals surface area contributed by atoms with Gasteiger partial charge in [0.15, 0.2) is 0 Å². The van der Waals surface area contributed by atoms with E-state index in [1.54, 1.807) is 31.3 Å². The number of hydrogen-bond acceptors (Lipinski definition) is 4. The number of nitrogens with two attached hydrogens (primary N) is 1. The van der Waals surface area contributed by atoms with Crippen molar-refractivity contribution in [2.24, 2.45) is 5.84 Å². The van der Waals surface area contributed by atoms with Gasteiger partial charge in [-0.2, -0.15) is 0 Å². The van der Waals surface area contributed by atoms with Gasteiger partial charge in [0.05, 0.1) is 16.1 Å². The van der Waals surface area contributed by atoms with Crippen LogP contribution in [0, 0.1) is 25.7 Å². The Hall–Kier alpha value is -3.56. The number of hydrazine groups is 1. The Morgan fingerprint density at radius 1 is 1.00 bits per heavy atom. The first kappa shape index (κ1) is 22.6. The number of carbonyl (C=O) groups excluding carboxylic acids is 1. The van der Waals surface area contributed by atoms with Crippen molar-refractivity contribution in [3.8, 4) is 11.8 Å². The number of fused-ring (bicyclic) bond motifs is 1. The van der Waals surface area contributed by atoms with Crippen molar-refractivity contribution >= 4 is 45.6 Å². The van der Waals surface area contributed by atoms with Crippen molar-refractivity contribution in [3.05, 3.63) is 111 Å². The summed E-state index contributed by atoms with van der Waals surface area (Å²) in [6, 6.07) is 20.7. The number of halogens is 1. The summed E-state index contributed by atoms with van der Waals surface area (Å²) in [7, 11) is 0. The van der Waals surface area contributed by atoms with Crippen molar-refractivity contribution in [3.63, 3.8) is 0 Å². The van der Waals surface area contributed by atoms with E-state index in [0.717, 1.165) is 38.2 Å². The molecule has 0 bridgehead atoms. The number of thiocarbonyl (C=S) groups is 1. The SMILES string of the molecule is Cc1ccc(C(=S)N(N)C(=O)c2c(C)cccc2Cl)cc1C#Cc1cnc2ccccc2c1. The fraction of sp³-hybridized carbons (Fsp3) is 0.0741. The zero-order valence-corrected chi connectivity index (χ0v) is 19.7. The molecule has 0 aliphatic rings. The van der Waals surface area contributed by atoms with Gasteiger partial charge in [0.25, 0.3) is 5.91 Å². The second-order valence-electron chi connectivity index (χ2n) is 7.61. The molecule has 1 amide bonds. The molecule has 4 aromatic rings. The van der Waals surface area contributed by atoms with Crippen LogP contribution >= 0.6 is 23.8 Å². The number of aromatic nitrogens is 1. The number of para-hydroxylation sites is 1. The van der Waals surface area contributed by atoms with E-state index in [-0.39, 0.29) is 4.99 Å². The van der Waals surface area contributed by atoms with E-state index in [9.17, 15) is 4.79 Å². The largest absolute Gasteiger partial charge is 0.275 e. The number of hydrogen-bond donors (Lipinski definition) is 1. The Morgan fingerprint density at radius 3 is 2.58 bits per heavy atom. The zero-order valence-electron chi connectivity index (χ0n) is 18.1. The maximum absolute atomic E-state index is 13.0. The van der Waals surface area contributed by atoms with Gasteiger partial charge in [-0.3, -0.25) is 9.78 Å². The van der Waals surface area contributed by atoms with Crippen molar-refractivity contribution in [2.45, 2.75) is 13.8 Å². The van der Waals surface area contributed by atoms with Gasteiger partial charge in [-0.1, -0.05) is 78.1 Å². The number of benzene rings is 3. The number of nitrogens with zero attached hydrogens (tertiary/aromatic N) is 2. The van der Waals surface area contributed by atoms with Crippen LogP contribution in [-0.2, 0) is 0 Å². The Kier molecular flexibility index (Phi) is 6.52. The summed E-state index contributed by atoms with van der Waals surface area (Å²) < 4.78 is 0. The molecule has 0 unspecified atom stereocenters. The molecule has 162 valence electrons. The average molecular weight is 470 g/mol. The normalized spacial score (nSPS) is 10.4. The molecule has 4 nitrogen and oxygen atoms in total. The van der Waals surface area contributed by atoms with Crippen molar-refractivity contribution in [1.29, 1.82) is 0 Å². The summed E-state index contributed by atoms with van der Waals surface area (Å²) in [5, 5.41) is 2.32. The molecule has 0 spiro atoms. The van der Waals surface area contributed by atoms with Crippen LogP contribution in [0.4, 0.5) is 0 Å². The van der Waals surface area contributed by atoms with Crippen molar-refractivity contribution < 1.29 is 4.79 Å². The Bertz CT molecular complexity index is 1450. The lowest BCUT2D eigenvalue weighted by atomic mass is 10.0. The number of pyridine rings is 1. The van der Waals surface area contributed by atoms with E-state index in [1.807, 2.05) is 55.5 Å². The predicted octanol–water partition coefficient (Wildman–Crippen LogP) is 5.60. The molecular formula is C27H20ClN3OS. The quantitative estimate of drug-likeness (QED) is 0.136. The molecule has 3 aromatic carbocycles. The van der Waals surface area contributed by atoms with Gasteiger partial charge in [-0.05, 0) is 49.2 Å². The number of carbonyl (C=O) groups is 1. The molecule has 2 N–H and O–H groups in total. The van der Waals surface area contributed by atoms with Crippen LogP contribution in [0.25, 0.3) is 10.9 Å². The van der Waals surface area contributed by atoms with E-state index in [4.69, 9.17) is 29.7 Å². The first-order valence-electron chi connectivity index (χ1n) is 10.2. The van der Waals surface area contributed by atoms with E-state index >= 15 is 0 Å². The summed E-state index contributed by atoms with van der Waals surface area (Å²) >= 11 is 11.7. The first-order valence-corrected chi connectivity index (χ1v) is 11.0. The van der Waals surface area contributed by atoms with Crippen molar-refractivity contribution in [1.82, 2.24) is 9.99 Å². The third-order valence-electron chi connectivity index (χ3n) is 5.29. The minimum absolute atomic E-state index is 0.190. The van der Waals surface area contributed by atoms with Crippen LogP contribution in [0.3, 0.4) is 0 Å². The second kappa shape index (κ2) is 9.51. The highest BCUT2D eigenvalue weighted by Gasteiger charge is 2.22. The Morgan fingerprint density at radius 2 is 1.79 bits per heavy atom. The van der Waals surface area contributed by atoms with Crippen LogP contribution < -0.4 is 5.84 Å². The monoisotopic (exact) mass is 469 g/mol.